The van der Waals surface area contributed by atoms with Crippen molar-refractivity contribution in [1.82, 2.24) is 4.98 Å². The van der Waals surface area contributed by atoms with E-state index in [1.807, 2.05) is 25.5 Å². The van der Waals surface area contributed by atoms with Crippen LogP contribution in [0.3, 0.4) is 0 Å². The molecule has 0 radical (unpaired) electrons. The maximum absolute atomic E-state index is 8.92. The van der Waals surface area contributed by atoms with Crippen LogP contribution in [0, 0.1) is 16.7 Å². The Hall–Kier alpha value is -1.43. The largest absolute Gasteiger partial charge is 0.372 e. The van der Waals surface area contributed by atoms with E-state index >= 15 is 0 Å². The Bertz CT molecular complexity index is 316. The molecule has 1 aliphatic rings. The average molecular weight is 175 g/mol. The van der Waals surface area contributed by atoms with Crippen molar-refractivity contribution in [3.05, 3.63) is 18.5 Å². The van der Waals surface area contributed by atoms with Crippen molar-refractivity contribution >= 4 is 5.69 Å². The van der Waals surface area contributed by atoms with Crippen LogP contribution in [0.15, 0.2) is 18.5 Å². The van der Waals surface area contributed by atoms with Gasteiger partial charge in [0.2, 0.25) is 0 Å². The number of hydrogen-bond donors (Lipinski definition) is 1. The van der Waals surface area contributed by atoms with Gasteiger partial charge in [0.05, 0.1) is 17.2 Å². The number of H-pyrrole nitrogens is 1. The molecule has 1 N–H and O–H groups in total. The van der Waals surface area contributed by atoms with Crippen LogP contribution < -0.4 is 4.90 Å². The van der Waals surface area contributed by atoms with Crippen molar-refractivity contribution in [2.45, 2.75) is 12.8 Å². The van der Waals surface area contributed by atoms with Gasteiger partial charge in [0.15, 0.2) is 0 Å². The first-order valence-electron chi connectivity index (χ1n) is 4.51. The molecule has 0 aliphatic heterocycles. The minimum Gasteiger partial charge on any atom is -0.372 e. The fourth-order valence-electron chi connectivity index (χ4n) is 1.55. The van der Waals surface area contributed by atoms with E-state index in [1.165, 1.54) is 0 Å². The summed E-state index contributed by atoms with van der Waals surface area (Å²) in [6, 6.07) is 4.41. The quantitative estimate of drug-likeness (QED) is 0.760. The summed E-state index contributed by atoms with van der Waals surface area (Å²) in [6.45, 7) is 0.849. The maximum atomic E-state index is 8.92. The molecular weight excluding hydrogens is 162 g/mol. The van der Waals surface area contributed by atoms with Crippen molar-refractivity contribution in [3.63, 3.8) is 0 Å². The summed E-state index contributed by atoms with van der Waals surface area (Å²) >= 11 is 0. The Kier molecular flexibility index (Phi) is 1.77. The number of nitriles is 1. The monoisotopic (exact) mass is 175 g/mol. The van der Waals surface area contributed by atoms with Gasteiger partial charge in [-0.2, -0.15) is 5.26 Å². The van der Waals surface area contributed by atoms with Crippen molar-refractivity contribution < 1.29 is 0 Å². The Morgan fingerprint density at radius 2 is 2.46 bits per heavy atom. The molecule has 2 rings (SSSR count). The second kappa shape index (κ2) is 2.81. The van der Waals surface area contributed by atoms with Crippen molar-refractivity contribution in [1.29, 1.82) is 5.26 Å². The lowest BCUT2D eigenvalue weighted by atomic mass is 10.1. The minimum atomic E-state index is -0.0496. The molecule has 1 aromatic heterocycles. The summed E-state index contributed by atoms with van der Waals surface area (Å²) in [5.74, 6) is 0. The SMILES string of the molecule is CN(CC1(C#N)CC1)c1cc[nH]c1. The highest BCUT2D eigenvalue weighted by Crippen LogP contribution is 2.45. The Morgan fingerprint density at radius 1 is 1.69 bits per heavy atom. The number of aromatic nitrogens is 1. The lowest BCUT2D eigenvalue weighted by Crippen LogP contribution is -2.25. The number of rotatable bonds is 3. The van der Waals surface area contributed by atoms with Crippen LogP contribution in [-0.2, 0) is 0 Å². The zero-order valence-corrected chi connectivity index (χ0v) is 7.75. The predicted octanol–water partition coefficient (Wildman–Crippen LogP) is 1.75. The number of hydrogen-bond acceptors (Lipinski definition) is 2. The summed E-state index contributed by atoms with van der Waals surface area (Å²) in [7, 11) is 2.03. The van der Waals surface area contributed by atoms with Gasteiger partial charge in [-0.15, -0.1) is 0 Å². The zero-order valence-electron chi connectivity index (χ0n) is 7.75. The maximum Gasteiger partial charge on any atom is 0.0749 e. The normalized spacial score (nSPS) is 17.8. The lowest BCUT2D eigenvalue weighted by molar-refractivity contribution is 0.653. The summed E-state index contributed by atoms with van der Waals surface area (Å²) in [4.78, 5) is 5.14. The molecule has 0 spiro atoms. The fraction of sp³-hybridized carbons (Fsp3) is 0.500. The third-order valence-corrected chi connectivity index (χ3v) is 2.65. The van der Waals surface area contributed by atoms with E-state index in [0.717, 1.165) is 25.1 Å². The fourth-order valence-corrected chi connectivity index (χ4v) is 1.55. The highest BCUT2D eigenvalue weighted by Gasteiger charge is 2.44. The molecule has 3 heteroatoms. The molecule has 0 atom stereocenters. The van der Waals surface area contributed by atoms with E-state index in [0.29, 0.717) is 0 Å². The first-order valence-corrected chi connectivity index (χ1v) is 4.51. The van der Waals surface area contributed by atoms with Gasteiger partial charge >= 0.3 is 0 Å². The van der Waals surface area contributed by atoms with Crippen molar-refractivity contribution in [3.8, 4) is 6.07 Å². The van der Waals surface area contributed by atoms with E-state index in [9.17, 15) is 0 Å². The highest BCUT2D eigenvalue weighted by molar-refractivity contribution is 5.44. The molecule has 0 amide bonds. The first kappa shape index (κ1) is 8.18. The Morgan fingerprint density at radius 3 is 2.92 bits per heavy atom. The molecule has 1 fully saturated rings. The predicted molar refractivity (Wildman–Crippen MR) is 51.3 cm³/mol. The number of aromatic amines is 1. The summed E-state index contributed by atoms with van der Waals surface area (Å²) < 4.78 is 0. The van der Waals surface area contributed by atoms with E-state index in [4.69, 9.17) is 5.26 Å². The standard InChI is InChI=1S/C10H13N3/c1-13(9-2-5-12-6-9)8-10(7-11)3-4-10/h2,5-6,12H,3-4,8H2,1H3. The Balaban J connectivity index is 2.00. The van der Waals surface area contributed by atoms with Crippen molar-refractivity contribution in [2.24, 2.45) is 5.41 Å². The van der Waals surface area contributed by atoms with E-state index < -0.39 is 0 Å². The molecule has 1 heterocycles. The van der Waals surface area contributed by atoms with Gasteiger partial charge in [0.25, 0.3) is 0 Å². The average Bonchev–Trinajstić information content (AvgIpc) is 2.69. The first-order chi connectivity index (χ1) is 6.26. The minimum absolute atomic E-state index is 0.0496. The second-order valence-electron chi connectivity index (χ2n) is 3.82. The van der Waals surface area contributed by atoms with Gasteiger partial charge in [-0.05, 0) is 18.9 Å². The van der Waals surface area contributed by atoms with Gasteiger partial charge in [0, 0.05) is 26.0 Å². The molecular formula is C10H13N3. The van der Waals surface area contributed by atoms with Gasteiger partial charge in [0.1, 0.15) is 0 Å². The van der Waals surface area contributed by atoms with E-state index in [1.54, 1.807) is 0 Å². The van der Waals surface area contributed by atoms with Crippen LogP contribution in [0.1, 0.15) is 12.8 Å². The number of nitrogens with one attached hydrogen (secondary N) is 1. The molecule has 0 bridgehead atoms. The highest BCUT2D eigenvalue weighted by atomic mass is 15.1. The topological polar surface area (TPSA) is 42.8 Å². The third-order valence-electron chi connectivity index (χ3n) is 2.65. The summed E-state index contributed by atoms with van der Waals surface area (Å²) in [5.41, 5.74) is 1.10. The molecule has 1 saturated carbocycles. The van der Waals surface area contributed by atoms with Gasteiger partial charge in [-0.3, -0.25) is 0 Å². The molecule has 0 saturated heterocycles. The summed E-state index contributed by atoms with van der Waals surface area (Å²) in [5, 5.41) is 8.92. The summed E-state index contributed by atoms with van der Waals surface area (Å²) in [6.07, 6.45) is 5.96. The third kappa shape index (κ3) is 1.52. The smallest absolute Gasteiger partial charge is 0.0749 e. The van der Waals surface area contributed by atoms with Crippen LogP contribution in [0.4, 0.5) is 5.69 Å². The van der Waals surface area contributed by atoms with Crippen LogP contribution >= 0.6 is 0 Å². The van der Waals surface area contributed by atoms with Crippen LogP contribution in [0.2, 0.25) is 0 Å². The van der Waals surface area contributed by atoms with Gasteiger partial charge in [-0.25, -0.2) is 0 Å². The van der Waals surface area contributed by atoms with Gasteiger partial charge in [-0.1, -0.05) is 0 Å². The van der Waals surface area contributed by atoms with Gasteiger partial charge < -0.3 is 9.88 Å². The molecule has 3 nitrogen and oxygen atoms in total. The van der Waals surface area contributed by atoms with E-state index in [-0.39, 0.29) is 5.41 Å². The van der Waals surface area contributed by atoms with Crippen LogP contribution in [-0.4, -0.2) is 18.6 Å². The lowest BCUT2D eigenvalue weighted by Gasteiger charge is -2.19. The van der Waals surface area contributed by atoms with E-state index in [2.05, 4.69) is 16.0 Å². The molecule has 1 aliphatic carbocycles. The Labute approximate surface area is 78.0 Å². The second-order valence-corrected chi connectivity index (χ2v) is 3.82. The van der Waals surface area contributed by atoms with Crippen LogP contribution in [0.5, 0.6) is 0 Å². The molecule has 0 aromatic carbocycles. The molecule has 13 heavy (non-hydrogen) atoms. The molecule has 1 aromatic rings. The molecule has 68 valence electrons. The number of anilines is 1. The van der Waals surface area contributed by atoms with Crippen LogP contribution in [0.25, 0.3) is 0 Å². The van der Waals surface area contributed by atoms with Crippen molar-refractivity contribution in [2.75, 3.05) is 18.5 Å². The number of nitrogens with zero attached hydrogens (tertiary/aromatic N) is 2. The zero-order chi connectivity index (χ0) is 9.31. The molecule has 0 unspecified atom stereocenters.